The second-order valence-electron chi connectivity index (χ2n) is 6.43. The van der Waals surface area contributed by atoms with Gasteiger partial charge in [0, 0.05) is 24.8 Å². The van der Waals surface area contributed by atoms with E-state index in [1.807, 2.05) is 32.1 Å². The summed E-state index contributed by atoms with van der Waals surface area (Å²) in [5.41, 5.74) is 7.34. The molecule has 1 aliphatic rings. The third kappa shape index (κ3) is 3.85. The molecule has 1 fully saturated rings. The van der Waals surface area contributed by atoms with Gasteiger partial charge in [-0.25, -0.2) is 4.98 Å². The number of aliphatic carboxylic acids is 1. The Bertz CT molecular complexity index is 567. The van der Waals surface area contributed by atoms with Crippen LogP contribution in [0.4, 0.5) is 5.82 Å². The lowest BCUT2D eigenvalue weighted by Crippen LogP contribution is -2.47. The first kappa shape index (κ1) is 16.5. The van der Waals surface area contributed by atoms with Gasteiger partial charge in [-0.2, -0.15) is 0 Å². The van der Waals surface area contributed by atoms with Gasteiger partial charge in [0.1, 0.15) is 5.82 Å². The van der Waals surface area contributed by atoms with Crippen molar-refractivity contribution < 1.29 is 9.90 Å². The SMILES string of the molecule is CC(C)=CC[C@]1(C(=O)O)CCCN(Cc2cccnc2N)C1. The van der Waals surface area contributed by atoms with Gasteiger partial charge in [-0.05, 0) is 45.7 Å². The number of rotatable bonds is 5. The first-order chi connectivity index (χ1) is 10.4. The van der Waals surface area contributed by atoms with E-state index >= 15 is 0 Å². The van der Waals surface area contributed by atoms with Gasteiger partial charge in [-0.15, -0.1) is 0 Å². The van der Waals surface area contributed by atoms with Gasteiger partial charge in [0.25, 0.3) is 0 Å². The molecule has 0 aliphatic carbocycles. The third-order valence-electron chi connectivity index (χ3n) is 4.33. The van der Waals surface area contributed by atoms with Crippen molar-refractivity contribution in [2.24, 2.45) is 5.41 Å². The Labute approximate surface area is 131 Å². The normalized spacial score (nSPS) is 22.3. The molecule has 3 N–H and O–H groups in total. The van der Waals surface area contributed by atoms with E-state index in [1.54, 1.807) is 6.20 Å². The zero-order valence-electron chi connectivity index (χ0n) is 13.4. The number of piperidine rings is 1. The summed E-state index contributed by atoms with van der Waals surface area (Å²) in [7, 11) is 0. The van der Waals surface area contributed by atoms with E-state index in [1.165, 1.54) is 0 Å². The molecule has 1 saturated heterocycles. The second-order valence-corrected chi connectivity index (χ2v) is 6.43. The Morgan fingerprint density at radius 1 is 1.55 bits per heavy atom. The fourth-order valence-electron chi connectivity index (χ4n) is 3.02. The maximum absolute atomic E-state index is 11.9. The first-order valence-corrected chi connectivity index (χ1v) is 7.71. The number of nitrogen functional groups attached to an aromatic ring is 1. The Morgan fingerprint density at radius 3 is 2.95 bits per heavy atom. The lowest BCUT2D eigenvalue weighted by molar-refractivity contribution is -0.152. The van der Waals surface area contributed by atoms with Crippen molar-refractivity contribution in [1.82, 2.24) is 9.88 Å². The van der Waals surface area contributed by atoms with Crippen LogP contribution in [0.15, 0.2) is 30.0 Å². The van der Waals surface area contributed by atoms with Gasteiger partial charge in [0.15, 0.2) is 0 Å². The number of pyridine rings is 1. The molecule has 5 heteroatoms. The van der Waals surface area contributed by atoms with E-state index in [-0.39, 0.29) is 0 Å². The molecule has 0 bridgehead atoms. The minimum atomic E-state index is -0.700. The largest absolute Gasteiger partial charge is 0.481 e. The molecular weight excluding hydrogens is 278 g/mol. The predicted octanol–water partition coefficient (Wildman–Crippen LogP) is 2.69. The number of nitrogens with two attached hydrogens (primary N) is 1. The highest BCUT2D eigenvalue weighted by atomic mass is 16.4. The van der Waals surface area contributed by atoms with Crippen molar-refractivity contribution in [3.05, 3.63) is 35.5 Å². The van der Waals surface area contributed by atoms with Gasteiger partial charge < -0.3 is 10.8 Å². The average molecular weight is 303 g/mol. The fraction of sp³-hybridized carbons (Fsp3) is 0.529. The third-order valence-corrected chi connectivity index (χ3v) is 4.33. The van der Waals surface area contributed by atoms with Gasteiger partial charge in [0.2, 0.25) is 0 Å². The van der Waals surface area contributed by atoms with E-state index in [2.05, 4.69) is 9.88 Å². The summed E-state index contributed by atoms with van der Waals surface area (Å²) in [4.78, 5) is 18.1. The molecule has 1 aromatic rings. The monoisotopic (exact) mass is 303 g/mol. The van der Waals surface area contributed by atoms with Crippen LogP contribution in [0.25, 0.3) is 0 Å². The van der Waals surface area contributed by atoms with Crippen LogP contribution in [0.3, 0.4) is 0 Å². The highest BCUT2D eigenvalue weighted by Gasteiger charge is 2.41. The molecule has 2 heterocycles. The number of likely N-dealkylation sites (tertiary alicyclic amines) is 1. The number of allylic oxidation sites excluding steroid dienone is 2. The molecular formula is C17H25N3O2. The molecule has 0 saturated carbocycles. The summed E-state index contributed by atoms with van der Waals surface area (Å²) in [5, 5.41) is 9.75. The molecule has 1 atom stereocenters. The van der Waals surface area contributed by atoms with Crippen molar-refractivity contribution in [2.45, 2.75) is 39.7 Å². The Balaban J connectivity index is 2.13. The molecule has 5 nitrogen and oxygen atoms in total. The summed E-state index contributed by atoms with van der Waals surface area (Å²) in [6.45, 7) is 6.13. The van der Waals surface area contributed by atoms with Crippen LogP contribution >= 0.6 is 0 Å². The molecule has 1 aliphatic heterocycles. The first-order valence-electron chi connectivity index (χ1n) is 7.71. The fourth-order valence-corrected chi connectivity index (χ4v) is 3.02. The van der Waals surface area contributed by atoms with E-state index in [0.29, 0.717) is 25.3 Å². The number of carboxylic acid groups (broad SMARTS) is 1. The number of carboxylic acids is 1. The van der Waals surface area contributed by atoms with Crippen molar-refractivity contribution in [3.63, 3.8) is 0 Å². The summed E-state index contributed by atoms with van der Waals surface area (Å²) >= 11 is 0. The quantitative estimate of drug-likeness (QED) is 0.818. The Kier molecular flexibility index (Phi) is 5.19. The van der Waals surface area contributed by atoms with Gasteiger partial charge >= 0.3 is 5.97 Å². The smallest absolute Gasteiger partial charge is 0.311 e. The van der Waals surface area contributed by atoms with E-state index < -0.39 is 11.4 Å². The average Bonchev–Trinajstić information content (AvgIpc) is 2.48. The minimum absolute atomic E-state index is 0.526. The molecule has 2 rings (SSSR count). The van der Waals surface area contributed by atoms with Crippen LogP contribution in [0.2, 0.25) is 0 Å². The predicted molar refractivity (Wildman–Crippen MR) is 87.3 cm³/mol. The molecule has 0 amide bonds. The molecule has 0 radical (unpaired) electrons. The topological polar surface area (TPSA) is 79.5 Å². The van der Waals surface area contributed by atoms with Crippen molar-refractivity contribution in [1.29, 1.82) is 0 Å². The standard InChI is InChI=1S/C17H25N3O2/c1-13(2)6-8-17(16(21)22)7-4-10-20(12-17)11-14-5-3-9-19-15(14)18/h3,5-6,9H,4,7-8,10-12H2,1-2H3,(H2,18,19)(H,21,22)/t17-/m1/s1. The van der Waals surface area contributed by atoms with E-state index in [9.17, 15) is 9.90 Å². The van der Waals surface area contributed by atoms with Crippen LogP contribution in [0.5, 0.6) is 0 Å². The van der Waals surface area contributed by atoms with Gasteiger partial charge in [-0.1, -0.05) is 17.7 Å². The van der Waals surface area contributed by atoms with Crippen LogP contribution in [-0.2, 0) is 11.3 Å². The van der Waals surface area contributed by atoms with E-state index in [4.69, 9.17) is 5.73 Å². The molecule has 0 spiro atoms. The highest BCUT2D eigenvalue weighted by Crippen LogP contribution is 2.35. The maximum atomic E-state index is 11.9. The van der Waals surface area contributed by atoms with Crippen LogP contribution in [-0.4, -0.2) is 34.0 Å². The number of aromatic nitrogens is 1. The molecule has 1 aromatic heterocycles. The van der Waals surface area contributed by atoms with E-state index in [0.717, 1.165) is 30.5 Å². The lowest BCUT2D eigenvalue weighted by Gasteiger charge is -2.39. The van der Waals surface area contributed by atoms with Crippen LogP contribution in [0, 0.1) is 5.41 Å². The summed E-state index contributed by atoms with van der Waals surface area (Å²) < 4.78 is 0. The number of nitrogens with zero attached hydrogens (tertiary/aromatic N) is 2. The molecule has 0 unspecified atom stereocenters. The van der Waals surface area contributed by atoms with Crippen LogP contribution in [0.1, 0.15) is 38.7 Å². The lowest BCUT2D eigenvalue weighted by atomic mass is 9.76. The van der Waals surface area contributed by atoms with Gasteiger partial charge in [0.05, 0.1) is 5.41 Å². The second kappa shape index (κ2) is 6.92. The maximum Gasteiger partial charge on any atom is 0.311 e. The molecule has 22 heavy (non-hydrogen) atoms. The summed E-state index contributed by atoms with van der Waals surface area (Å²) in [6.07, 6.45) is 5.92. The molecule has 0 aromatic carbocycles. The summed E-state index contributed by atoms with van der Waals surface area (Å²) in [5.74, 6) is -0.174. The zero-order valence-corrected chi connectivity index (χ0v) is 13.4. The number of hydrogen-bond acceptors (Lipinski definition) is 4. The number of anilines is 1. The zero-order chi connectivity index (χ0) is 16.2. The Hall–Kier alpha value is -1.88. The minimum Gasteiger partial charge on any atom is -0.481 e. The van der Waals surface area contributed by atoms with Gasteiger partial charge in [-0.3, -0.25) is 9.69 Å². The Morgan fingerprint density at radius 2 is 2.32 bits per heavy atom. The van der Waals surface area contributed by atoms with Crippen molar-refractivity contribution in [3.8, 4) is 0 Å². The van der Waals surface area contributed by atoms with Crippen molar-refractivity contribution >= 4 is 11.8 Å². The number of carbonyl (C=O) groups is 1. The van der Waals surface area contributed by atoms with Crippen molar-refractivity contribution in [2.75, 3.05) is 18.8 Å². The summed E-state index contributed by atoms with van der Waals surface area (Å²) in [6, 6.07) is 3.82. The number of hydrogen-bond donors (Lipinski definition) is 2. The highest BCUT2D eigenvalue weighted by molar-refractivity contribution is 5.75. The van der Waals surface area contributed by atoms with Crippen LogP contribution < -0.4 is 5.73 Å². The molecule has 120 valence electrons.